The first-order chi connectivity index (χ1) is 26.5. The molecule has 2 heterocycles. The van der Waals surface area contributed by atoms with Gasteiger partial charge in [0, 0.05) is 22.5 Å². The SMILES string of the molecule is Cc1cc(-c2ccccc2)ccc1N(c1ccc2c(c1)C(C)(C)c1ccccc1-2)c1ccc2c(c1)[Si]1(c3ccccc3-c3ccccc31)c1ccccc1-2. The molecule has 1 spiro atoms. The van der Waals surface area contributed by atoms with Crippen molar-refractivity contribution in [2.75, 3.05) is 4.90 Å². The van der Waals surface area contributed by atoms with E-state index in [1.165, 1.54) is 99.0 Å². The number of fused-ring (bicyclic) bond motifs is 13. The lowest BCUT2D eigenvalue weighted by molar-refractivity contribution is 0.660. The molecule has 54 heavy (non-hydrogen) atoms. The van der Waals surface area contributed by atoms with Crippen LogP contribution in [0.4, 0.5) is 17.1 Å². The summed E-state index contributed by atoms with van der Waals surface area (Å²) in [6.45, 7) is 7.02. The molecule has 3 aliphatic rings. The van der Waals surface area contributed by atoms with Crippen LogP contribution in [-0.4, -0.2) is 8.07 Å². The maximum absolute atomic E-state index is 2.61. The Labute approximate surface area is 318 Å². The summed E-state index contributed by atoms with van der Waals surface area (Å²) in [6.07, 6.45) is 0. The third kappa shape index (κ3) is 4.15. The lowest BCUT2D eigenvalue weighted by atomic mass is 9.82. The molecule has 8 aromatic carbocycles. The molecule has 0 aromatic heterocycles. The molecule has 0 amide bonds. The van der Waals surface area contributed by atoms with Crippen LogP contribution < -0.4 is 25.6 Å². The van der Waals surface area contributed by atoms with Crippen LogP contribution >= 0.6 is 0 Å². The van der Waals surface area contributed by atoms with Gasteiger partial charge in [0.1, 0.15) is 0 Å². The van der Waals surface area contributed by atoms with E-state index in [2.05, 4.69) is 208 Å². The molecule has 8 aromatic rings. The van der Waals surface area contributed by atoms with Crippen molar-refractivity contribution >= 4 is 45.9 Å². The second kappa shape index (κ2) is 11.4. The van der Waals surface area contributed by atoms with Crippen LogP contribution in [0.3, 0.4) is 0 Å². The number of rotatable bonds is 4. The Morgan fingerprint density at radius 1 is 0.389 bits per heavy atom. The Hall–Kier alpha value is -6.22. The minimum Gasteiger partial charge on any atom is -0.310 e. The van der Waals surface area contributed by atoms with Crippen molar-refractivity contribution in [3.8, 4) is 44.5 Å². The monoisotopic (exact) mass is 705 g/mol. The molecule has 11 rings (SSSR count). The standard InChI is InChI=1S/C52H39NSi/c1-34-31-36(35-15-5-4-6-16-35)25-30-47(34)53(37-26-28-40-39-17-7-11-21-45(39)52(2,3)46(40)32-37)38-27-29-44-43-20-10-14-24-50(43)54(51(44)33-38)48-22-12-8-18-41(48)42-19-9-13-23-49(42)54/h4-33H,1-3H3. The van der Waals surface area contributed by atoms with Crippen LogP contribution in [0.5, 0.6) is 0 Å². The lowest BCUT2D eigenvalue weighted by Gasteiger charge is -2.32. The second-order valence-corrected chi connectivity index (χ2v) is 19.4. The largest absolute Gasteiger partial charge is 0.310 e. The summed E-state index contributed by atoms with van der Waals surface area (Å²) in [5, 5.41) is 5.99. The Bertz CT molecular complexity index is 2770. The minimum absolute atomic E-state index is 0.104. The van der Waals surface area contributed by atoms with E-state index in [0.717, 1.165) is 0 Å². The van der Waals surface area contributed by atoms with Gasteiger partial charge in [0.15, 0.2) is 8.07 Å². The zero-order valence-electron chi connectivity index (χ0n) is 30.8. The molecule has 0 N–H and O–H groups in total. The molecule has 1 aliphatic carbocycles. The Morgan fingerprint density at radius 3 is 1.52 bits per heavy atom. The highest BCUT2D eigenvalue weighted by atomic mass is 28.3. The first-order valence-electron chi connectivity index (χ1n) is 19.1. The maximum Gasteiger partial charge on any atom is 0.182 e. The van der Waals surface area contributed by atoms with E-state index >= 15 is 0 Å². The zero-order valence-corrected chi connectivity index (χ0v) is 31.8. The fourth-order valence-corrected chi connectivity index (χ4v) is 15.8. The van der Waals surface area contributed by atoms with Crippen molar-refractivity contribution in [3.05, 3.63) is 199 Å². The van der Waals surface area contributed by atoms with Gasteiger partial charge >= 0.3 is 0 Å². The van der Waals surface area contributed by atoms with Gasteiger partial charge < -0.3 is 4.90 Å². The maximum atomic E-state index is 2.57. The van der Waals surface area contributed by atoms with Crippen LogP contribution in [-0.2, 0) is 5.41 Å². The summed E-state index contributed by atoms with van der Waals surface area (Å²) in [5.74, 6) is 0. The molecule has 0 saturated heterocycles. The topological polar surface area (TPSA) is 3.24 Å². The quantitative estimate of drug-likeness (QED) is 0.165. The summed E-state index contributed by atoms with van der Waals surface area (Å²) >= 11 is 0. The number of aryl methyl sites for hydroxylation is 1. The van der Waals surface area contributed by atoms with Crippen LogP contribution in [0.2, 0.25) is 0 Å². The summed E-state index contributed by atoms with van der Waals surface area (Å²) < 4.78 is 0. The van der Waals surface area contributed by atoms with Gasteiger partial charge in [0.25, 0.3) is 0 Å². The van der Waals surface area contributed by atoms with Crippen molar-refractivity contribution in [1.82, 2.24) is 0 Å². The van der Waals surface area contributed by atoms with Gasteiger partial charge in [-0.3, -0.25) is 0 Å². The molecule has 0 atom stereocenters. The second-order valence-electron chi connectivity index (χ2n) is 15.7. The molecular weight excluding hydrogens is 667 g/mol. The molecule has 0 radical (unpaired) electrons. The van der Waals surface area contributed by atoms with Crippen LogP contribution in [0, 0.1) is 6.92 Å². The van der Waals surface area contributed by atoms with E-state index in [9.17, 15) is 0 Å². The van der Waals surface area contributed by atoms with Gasteiger partial charge in [0.2, 0.25) is 0 Å². The molecule has 256 valence electrons. The molecule has 0 unspecified atom stereocenters. The van der Waals surface area contributed by atoms with Crippen molar-refractivity contribution < 1.29 is 0 Å². The number of anilines is 3. The highest BCUT2D eigenvalue weighted by Crippen LogP contribution is 2.51. The van der Waals surface area contributed by atoms with Gasteiger partial charge in [-0.25, -0.2) is 0 Å². The smallest absolute Gasteiger partial charge is 0.182 e. The molecule has 2 heteroatoms. The van der Waals surface area contributed by atoms with Gasteiger partial charge in [0.05, 0.1) is 0 Å². The number of nitrogens with zero attached hydrogens (tertiary/aromatic N) is 1. The highest BCUT2D eigenvalue weighted by Gasteiger charge is 2.54. The number of hydrogen-bond acceptors (Lipinski definition) is 1. The summed E-state index contributed by atoms with van der Waals surface area (Å²) in [7, 11) is -2.61. The molecule has 0 fully saturated rings. The first kappa shape index (κ1) is 31.3. The van der Waals surface area contributed by atoms with E-state index in [-0.39, 0.29) is 5.41 Å². The fraction of sp³-hybridized carbons (Fsp3) is 0.0769. The van der Waals surface area contributed by atoms with Crippen LogP contribution in [0.15, 0.2) is 182 Å². The molecular formula is C52H39NSi. The number of hydrogen-bond donors (Lipinski definition) is 0. The summed E-state index contributed by atoms with van der Waals surface area (Å²) in [5.41, 5.74) is 18.2. The Balaban J connectivity index is 1.17. The number of benzene rings is 8. The third-order valence-corrected chi connectivity index (χ3v) is 17.6. The average Bonchev–Trinajstić information content (AvgIpc) is 3.77. The van der Waals surface area contributed by atoms with E-state index in [4.69, 9.17) is 0 Å². The highest BCUT2D eigenvalue weighted by molar-refractivity contribution is 7.24. The predicted molar refractivity (Wildman–Crippen MR) is 230 cm³/mol. The van der Waals surface area contributed by atoms with Crippen molar-refractivity contribution in [3.63, 3.8) is 0 Å². The average molecular weight is 706 g/mol. The Morgan fingerprint density at radius 2 is 0.889 bits per heavy atom. The third-order valence-electron chi connectivity index (χ3n) is 12.6. The van der Waals surface area contributed by atoms with E-state index in [1.807, 2.05) is 0 Å². The van der Waals surface area contributed by atoms with E-state index < -0.39 is 8.07 Å². The molecule has 0 bridgehead atoms. The van der Waals surface area contributed by atoms with Gasteiger partial charge in [-0.1, -0.05) is 159 Å². The van der Waals surface area contributed by atoms with E-state index in [0.29, 0.717) is 0 Å². The zero-order chi connectivity index (χ0) is 36.2. The fourth-order valence-electron chi connectivity index (χ4n) is 10.2. The summed E-state index contributed by atoms with van der Waals surface area (Å²) in [4.78, 5) is 2.53. The van der Waals surface area contributed by atoms with Crippen LogP contribution in [0.1, 0.15) is 30.5 Å². The van der Waals surface area contributed by atoms with E-state index in [1.54, 1.807) is 0 Å². The normalized spacial score (nSPS) is 14.5. The Kier molecular flexibility index (Phi) is 6.60. The molecule has 0 saturated carbocycles. The summed E-state index contributed by atoms with van der Waals surface area (Å²) in [6, 6.07) is 68.8. The van der Waals surface area contributed by atoms with Gasteiger partial charge in [-0.05, 0) is 125 Å². The van der Waals surface area contributed by atoms with Crippen molar-refractivity contribution in [2.24, 2.45) is 0 Å². The molecule has 1 nitrogen and oxygen atoms in total. The van der Waals surface area contributed by atoms with Crippen molar-refractivity contribution in [2.45, 2.75) is 26.2 Å². The van der Waals surface area contributed by atoms with Gasteiger partial charge in [-0.2, -0.15) is 0 Å². The van der Waals surface area contributed by atoms with Crippen molar-refractivity contribution in [1.29, 1.82) is 0 Å². The van der Waals surface area contributed by atoms with Gasteiger partial charge in [-0.15, -0.1) is 0 Å². The predicted octanol–water partition coefficient (Wildman–Crippen LogP) is 10.8. The van der Waals surface area contributed by atoms with Crippen LogP contribution in [0.25, 0.3) is 44.5 Å². The minimum atomic E-state index is -2.61. The first-order valence-corrected chi connectivity index (χ1v) is 21.1. The molecule has 2 aliphatic heterocycles. The lowest BCUT2D eigenvalue weighted by Crippen LogP contribution is -2.70.